The van der Waals surface area contributed by atoms with Crippen molar-refractivity contribution >= 4 is 5.91 Å². The van der Waals surface area contributed by atoms with Crippen LogP contribution in [0, 0.1) is 0 Å². The number of rotatable bonds is 3. The zero-order valence-corrected chi connectivity index (χ0v) is 9.70. The van der Waals surface area contributed by atoms with Gasteiger partial charge in [-0.1, -0.05) is 19.3 Å². The largest absolute Gasteiger partial charge is 0.392 e. The molecular formula is C11H22N2O2. The summed E-state index contributed by atoms with van der Waals surface area (Å²) in [7, 11) is 3.49. The van der Waals surface area contributed by atoms with Crippen molar-refractivity contribution in [2.45, 2.75) is 44.2 Å². The molecule has 1 aliphatic rings. The van der Waals surface area contributed by atoms with Crippen molar-refractivity contribution in [2.75, 3.05) is 20.6 Å². The molecule has 0 heterocycles. The van der Waals surface area contributed by atoms with Crippen molar-refractivity contribution in [3.63, 3.8) is 0 Å². The molecule has 0 bridgehead atoms. The molecule has 1 rings (SSSR count). The van der Waals surface area contributed by atoms with E-state index < -0.39 is 0 Å². The van der Waals surface area contributed by atoms with Crippen LogP contribution >= 0.6 is 0 Å². The Morgan fingerprint density at radius 2 is 2.00 bits per heavy atom. The normalized spacial score (nSPS) is 27.1. The Morgan fingerprint density at radius 3 is 2.67 bits per heavy atom. The van der Waals surface area contributed by atoms with Gasteiger partial charge in [-0.15, -0.1) is 0 Å². The van der Waals surface area contributed by atoms with Gasteiger partial charge in [0, 0.05) is 20.1 Å². The average Bonchev–Trinajstić information content (AvgIpc) is 2.39. The van der Waals surface area contributed by atoms with E-state index in [1.807, 2.05) is 0 Å². The predicted octanol–water partition coefficient (Wildman–Crippen LogP) is 0.358. The Kier molecular flexibility index (Phi) is 5.05. The molecule has 1 aliphatic carbocycles. The molecule has 2 N–H and O–H groups in total. The number of aliphatic hydroxyl groups excluding tert-OH is 1. The highest BCUT2D eigenvalue weighted by atomic mass is 16.3. The molecule has 15 heavy (non-hydrogen) atoms. The summed E-state index contributed by atoms with van der Waals surface area (Å²) in [5.74, 6) is 0.0615. The van der Waals surface area contributed by atoms with E-state index in [1.165, 1.54) is 6.42 Å². The number of aliphatic hydroxyl groups is 1. The maximum atomic E-state index is 11.4. The van der Waals surface area contributed by atoms with E-state index in [9.17, 15) is 9.90 Å². The van der Waals surface area contributed by atoms with Gasteiger partial charge in [0.2, 0.25) is 5.91 Å². The van der Waals surface area contributed by atoms with Crippen LogP contribution in [0.25, 0.3) is 0 Å². The van der Waals surface area contributed by atoms with Crippen LogP contribution in [0.2, 0.25) is 0 Å². The zero-order valence-electron chi connectivity index (χ0n) is 9.70. The van der Waals surface area contributed by atoms with Crippen molar-refractivity contribution in [1.29, 1.82) is 0 Å². The highest BCUT2D eigenvalue weighted by Gasteiger charge is 2.21. The van der Waals surface area contributed by atoms with E-state index in [0.29, 0.717) is 6.54 Å². The lowest BCUT2D eigenvalue weighted by atomic mass is 10.1. The van der Waals surface area contributed by atoms with Crippen LogP contribution in [-0.4, -0.2) is 48.7 Å². The van der Waals surface area contributed by atoms with Gasteiger partial charge in [-0.25, -0.2) is 0 Å². The summed E-state index contributed by atoms with van der Waals surface area (Å²) in [6, 6.07) is 0.0939. The number of nitrogens with zero attached hydrogens (tertiary/aromatic N) is 1. The number of carbonyl (C=O) groups excluding carboxylic acids is 1. The monoisotopic (exact) mass is 214 g/mol. The predicted molar refractivity (Wildman–Crippen MR) is 59.6 cm³/mol. The number of amides is 1. The SMILES string of the molecule is CN(C)C(=O)CNC1CCCCCC1O. The van der Waals surface area contributed by atoms with Gasteiger partial charge in [0.05, 0.1) is 12.6 Å². The second kappa shape index (κ2) is 6.08. The molecule has 4 nitrogen and oxygen atoms in total. The Morgan fingerprint density at radius 1 is 1.33 bits per heavy atom. The smallest absolute Gasteiger partial charge is 0.236 e. The van der Waals surface area contributed by atoms with Gasteiger partial charge in [0.25, 0.3) is 0 Å². The summed E-state index contributed by atoms with van der Waals surface area (Å²) in [6.45, 7) is 0.328. The Bertz CT molecular complexity index is 207. The van der Waals surface area contributed by atoms with Crippen LogP contribution < -0.4 is 5.32 Å². The summed E-state index contributed by atoms with van der Waals surface area (Å²) in [4.78, 5) is 12.9. The van der Waals surface area contributed by atoms with Gasteiger partial charge >= 0.3 is 0 Å². The molecule has 0 spiro atoms. The fourth-order valence-corrected chi connectivity index (χ4v) is 1.90. The van der Waals surface area contributed by atoms with E-state index in [-0.39, 0.29) is 18.1 Å². The molecule has 0 aromatic heterocycles. The van der Waals surface area contributed by atoms with Crippen LogP contribution in [0.1, 0.15) is 32.1 Å². The second-order valence-corrected chi connectivity index (χ2v) is 4.48. The fraction of sp³-hybridized carbons (Fsp3) is 0.909. The first kappa shape index (κ1) is 12.5. The summed E-state index contributed by atoms with van der Waals surface area (Å²) in [6.07, 6.45) is 4.97. The van der Waals surface area contributed by atoms with Crippen molar-refractivity contribution in [3.05, 3.63) is 0 Å². The lowest BCUT2D eigenvalue weighted by Crippen LogP contribution is -2.44. The molecule has 88 valence electrons. The first-order valence-electron chi connectivity index (χ1n) is 5.73. The third-order valence-electron chi connectivity index (χ3n) is 2.99. The summed E-state index contributed by atoms with van der Waals surface area (Å²) in [5.41, 5.74) is 0. The lowest BCUT2D eigenvalue weighted by Gasteiger charge is -2.22. The Hall–Kier alpha value is -0.610. The van der Waals surface area contributed by atoms with Gasteiger partial charge in [0.15, 0.2) is 0 Å². The van der Waals surface area contributed by atoms with Crippen LogP contribution in [0.4, 0.5) is 0 Å². The highest BCUT2D eigenvalue weighted by Crippen LogP contribution is 2.17. The summed E-state index contributed by atoms with van der Waals surface area (Å²) in [5, 5.41) is 13.0. The summed E-state index contributed by atoms with van der Waals surface area (Å²) < 4.78 is 0. The third kappa shape index (κ3) is 4.18. The minimum atomic E-state index is -0.289. The molecule has 0 saturated heterocycles. The van der Waals surface area contributed by atoms with E-state index in [0.717, 1.165) is 25.7 Å². The van der Waals surface area contributed by atoms with Crippen molar-refractivity contribution < 1.29 is 9.90 Å². The maximum absolute atomic E-state index is 11.4. The lowest BCUT2D eigenvalue weighted by molar-refractivity contribution is -0.128. The Labute approximate surface area is 91.6 Å². The van der Waals surface area contributed by atoms with Crippen LogP contribution in [-0.2, 0) is 4.79 Å². The number of hydrogen-bond acceptors (Lipinski definition) is 3. The van der Waals surface area contributed by atoms with Crippen molar-refractivity contribution in [1.82, 2.24) is 10.2 Å². The summed E-state index contributed by atoms with van der Waals surface area (Å²) >= 11 is 0. The molecule has 4 heteroatoms. The highest BCUT2D eigenvalue weighted by molar-refractivity contribution is 5.77. The first-order chi connectivity index (χ1) is 7.11. The maximum Gasteiger partial charge on any atom is 0.236 e. The van der Waals surface area contributed by atoms with E-state index in [4.69, 9.17) is 0 Å². The molecule has 0 aromatic rings. The van der Waals surface area contributed by atoms with Gasteiger partial charge < -0.3 is 15.3 Å². The molecular weight excluding hydrogens is 192 g/mol. The van der Waals surface area contributed by atoms with Gasteiger partial charge in [-0.05, 0) is 12.8 Å². The minimum absolute atomic E-state index is 0.0615. The van der Waals surface area contributed by atoms with Crippen LogP contribution in [0.5, 0.6) is 0 Å². The third-order valence-corrected chi connectivity index (χ3v) is 2.99. The first-order valence-corrected chi connectivity index (χ1v) is 5.73. The molecule has 2 atom stereocenters. The number of likely N-dealkylation sites (N-methyl/N-ethyl adjacent to an activating group) is 1. The number of hydrogen-bond donors (Lipinski definition) is 2. The number of nitrogens with one attached hydrogen (secondary N) is 1. The van der Waals surface area contributed by atoms with Crippen LogP contribution in [0.3, 0.4) is 0 Å². The van der Waals surface area contributed by atoms with E-state index in [1.54, 1.807) is 19.0 Å². The van der Waals surface area contributed by atoms with Crippen molar-refractivity contribution in [3.8, 4) is 0 Å². The molecule has 1 saturated carbocycles. The topological polar surface area (TPSA) is 52.6 Å². The van der Waals surface area contributed by atoms with Gasteiger partial charge in [0.1, 0.15) is 0 Å². The molecule has 0 aromatic carbocycles. The fourth-order valence-electron chi connectivity index (χ4n) is 1.90. The van der Waals surface area contributed by atoms with E-state index in [2.05, 4.69) is 5.32 Å². The zero-order chi connectivity index (χ0) is 11.3. The average molecular weight is 214 g/mol. The standard InChI is InChI=1S/C11H22N2O2/c1-13(2)11(15)8-12-9-6-4-3-5-7-10(9)14/h9-10,12,14H,3-8H2,1-2H3. The molecule has 1 fully saturated rings. The van der Waals surface area contributed by atoms with Crippen LogP contribution in [0.15, 0.2) is 0 Å². The van der Waals surface area contributed by atoms with Gasteiger partial charge in [-0.2, -0.15) is 0 Å². The molecule has 0 radical (unpaired) electrons. The molecule has 2 unspecified atom stereocenters. The second-order valence-electron chi connectivity index (χ2n) is 4.48. The number of carbonyl (C=O) groups is 1. The van der Waals surface area contributed by atoms with Gasteiger partial charge in [-0.3, -0.25) is 4.79 Å². The Balaban J connectivity index is 2.32. The molecule has 1 amide bonds. The minimum Gasteiger partial charge on any atom is -0.392 e. The van der Waals surface area contributed by atoms with E-state index >= 15 is 0 Å². The quantitative estimate of drug-likeness (QED) is 0.667. The molecule has 0 aliphatic heterocycles. The van der Waals surface area contributed by atoms with Crippen molar-refractivity contribution in [2.24, 2.45) is 0 Å².